The number of carboxylic acids is 1. The summed E-state index contributed by atoms with van der Waals surface area (Å²) in [6, 6.07) is 8.86. The van der Waals surface area contributed by atoms with E-state index < -0.39 is 23.7 Å². The van der Waals surface area contributed by atoms with Crippen molar-refractivity contribution in [1.82, 2.24) is 20.6 Å². The molecule has 0 saturated heterocycles. The number of hydrogen-bond donors (Lipinski definition) is 4. The van der Waals surface area contributed by atoms with Crippen LogP contribution in [0.1, 0.15) is 38.4 Å². The maximum absolute atomic E-state index is 12.2. The van der Waals surface area contributed by atoms with E-state index in [4.69, 9.17) is 4.74 Å². The SMILES string of the molecule is CC(C)(C)OC(=O)N[C@H](CCc1ccccc1)CN[C@@H](Cc1cnc[nH]1)C(=O)O. The average Bonchev–Trinajstić information content (AvgIpc) is 3.15. The number of aromatic nitrogens is 2. The number of carbonyl (C=O) groups excluding carboxylic acids is 1. The van der Waals surface area contributed by atoms with Crippen molar-refractivity contribution in [2.24, 2.45) is 0 Å². The minimum absolute atomic E-state index is 0.271. The number of amides is 1. The van der Waals surface area contributed by atoms with E-state index in [-0.39, 0.29) is 12.5 Å². The van der Waals surface area contributed by atoms with Gasteiger partial charge in [-0.05, 0) is 39.2 Å². The summed E-state index contributed by atoms with van der Waals surface area (Å²) in [5.74, 6) is -0.960. The molecular formula is C21H30N4O4. The van der Waals surface area contributed by atoms with Gasteiger partial charge in [0.25, 0.3) is 0 Å². The van der Waals surface area contributed by atoms with Crippen LogP contribution in [0.5, 0.6) is 0 Å². The summed E-state index contributed by atoms with van der Waals surface area (Å²) in [7, 11) is 0. The minimum atomic E-state index is -0.960. The summed E-state index contributed by atoms with van der Waals surface area (Å²) >= 11 is 0. The molecule has 0 aliphatic heterocycles. The van der Waals surface area contributed by atoms with Crippen LogP contribution < -0.4 is 10.6 Å². The van der Waals surface area contributed by atoms with E-state index in [2.05, 4.69) is 20.6 Å². The van der Waals surface area contributed by atoms with Crippen molar-refractivity contribution in [3.05, 3.63) is 54.1 Å². The van der Waals surface area contributed by atoms with Crippen molar-refractivity contribution >= 4 is 12.1 Å². The molecule has 158 valence electrons. The number of H-pyrrole nitrogens is 1. The number of nitrogens with one attached hydrogen (secondary N) is 3. The molecule has 2 aromatic rings. The normalized spacial score (nSPS) is 13.5. The zero-order chi connectivity index (χ0) is 21.3. The second-order valence-corrected chi connectivity index (χ2v) is 7.95. The fourth-order valence-corrected chi connectivity index (χ4v) is 2.83. The Kier molecular flexibility index (Phi) is 8.21. The molecule has 1 heterocycles. The van der Waals surface area contributed by atoms with Crippen molar-refractivity contribution < 1.29 is 19.4 Å². The smallest absolute Gasteiger partial charge is 0.407 e. The van der Waals surface area contributed by atoms with Gasteiger partial charge in [-0.3, -0.25) is 4.79 Å². The van der Waals surface area contributed by atoms with Crippen LogP contribution >= 0.6 is 0 Å². The van der Waals surface area contributed by atoms with Gasteiger partial charge in [-0.2, -0.15) is 0 Å². The first-order chi connectivity index (χ1) is 13.7. The predicted molar refractivity (Wildman–Crippen MR) is 110 cm³/mol. The Morgan fingerprint density at radius 1 is 1.24 bits per heavy atom. The lowest BCUT2D eigenvalue weighted by atomic mass is 10.0. The lowest BCUT2D eigenvalue weighted by molar-refractivity contribution is -0.139. The number of aromatic amines is 1. The Morgan fingerprint density at radius 3 is 2.55 bits per heavy atom. The summed E-state index contributed by atoms with van der Waals surface area (Å²) in [5, 5.41) is 15.4. The van der Waals surface area contributed by atoms with Crippen molar-refractivity contribution in [2.75, 3.05) is 6.54 Å². The average molecular weight is 402 g/mol. The van der Waals surface area contributed by atoms with E-state index in [0.29, 0.717) is 13.0 Å². The summed E-state index contributed by atoms with van der Waals surface area (Å²) in [4.78, 5) is 30.7. The van der Waals surface area contributed by atoms with E-state index >= 15 is 0 Å². The van der Waals surface area contributed by atoms with Crippen molar-refractivity contribution in [2.45, 2.75) is 57.7 Å². The molecule has 1 aromatic heterocycles. The van der Waals surface area contributed by atoms with E-state index in [1.54, 1.807) is 27.0 Å². The topological polar surface area (TPSA) is 116 Å². The van der Waals surface area contributed by atoms with E-state index in [1.807, 2.05) is 30.3 Å². The van der Waals surface area contributed by atoms with E-state index in [1.165, 1.54) is 6.33 Å². The highest BCUT2D eigenvalue weighted by molar-refractivity contribution is 5.73. The number of carbonyl (C=O) groups is 2. The second kappa shape index (κ2) is 10.6. The number of rotatable bonds is 10. The van der Waals surface area contributed by atoms with E-state index in [0.717, 1.165) is 17.7 Å². The minimum Gasteiger partial charge on any atom is -0.480 e. The lowest BCUT2D eigenvalue weighted by Gasteiger charge is -2.25. The van der Waals surface area contributed by atoms with Crippen molar-refractivity contribution in [3.63, 3.8) is 0 Å². The molecule has 8 heteroatoms. The summed E-state index contributed by atoms with van der Waals surface area (Å²) < 4.78 is 5.35. The zero-order valence-electron chi connectivity index (χ0n) is 17.1. The van der Waals surface area contributed by atoms with Crippen LogP contribution in [0.2, 0.25) is 0 Å². The first-order valence-electron chi connectivity index (χ1n) is 9.70. The van der Waals surface area contributed by atoms with Gasteiger partial charge in [-0.1, -0.05) is 30.3 Å². The number of alkyl carbamates (subject to hydrolysis) is 1. The lowest BCUT2D eigenvalue weighted by Crippen LogP contribution is -2.49. The number of benzene rings is 1. The summed E-state index contributed by atoms with van der Waals surface area (Å²) in [5.41, 5.74) is 1.27. The number of ether oxygens (including phenoxy) is 1. The number of aryl methyl sites for hydroxylation is 1. The van der Waals surface area contributed by atoms with Crippen LogP contribution in [0.25, 0.3) is 0 Å². The van der Waals surface area contributed by atoms with Gasteiger partial charge < -0.3 is 25.5 Å². The molecule has 1 aromatic carbocycles. The predicted octanol–water partition coefficient (Wildman–Crippen LogP) is 2.52. The quantitative estimate of drug-likeness (QED) is 0.485. The Hall–Kier alpha value is -2.87. The highest BCUT2D eigenvalue weighted by Gasteiger charge is 2.23. The van der Waals surface area contributed by atoms with Gasteiger partial charge in [0.05, 0.1) is 6.33 Å². The molecule has 29 heavy (non-hydrogen) atoms. The van der Waals surface area contributed by atoms with Gasteiger partial charge in [0, 0.05) is 30.9 Å². The Balaban J connectivity index is 1.98. The fourth-order valence-electron chi connectivity index (χ4n) is 2.83. The van der Waals surface area contributed by atoms with Crippen molar-refractivity contribution in [1.29, 1.82) is 0 Å². The number of aliphatic carboxylic acids is 1. The Morgan fingerprint density at radius 2 is 1.97 bits per heavy atom. The largest absolute Gasteiger partial charge is 0.480 e. The third-order valence-corrected chi connectivity index (χ3v) is 4.23. The van der Waals surface area contributed by atoms with Crippen LogP contribution in [0.4, 0.5) is 4.79 Å². The van der Waals surface area contributed by atoms with Crippen LogP contribution in [0.3, 0.4) is 0 Å². The monoisotopic (exact) mass is 402 g/mol. The number of hydrogen-bond acceptors (Lipinski definition) is 5. The van der Waals surface area contributed by atoms with Gasteiger partial charge >= 0.3 is 12.1 Å². The van der Waals surface area contributed by atoms with E-state index in [9.17, 15) is 14.7 Å². The molecule has 0 aliphatic carbocycles. The molecule has 2 rings (SSSR count). The highest BCUT2D eigenvalue weighted by Crippen LogP contribution is 2.09. The highest BCUT2D eigenvalue weighted by atomic mass is 16.6. The van der Waals surface area contributed by atoms with Gasteiger partial charge in [0.2, 0.25) is 0 Å². The van der Waals surface area contributed by atoms with Gasteiger partial charge in [-0.25, -0.2) is 9.78 Å². The molecule has 0 spiro atoms. The number of imidazole rings is 1. The third-order valence-electron chi connectivity index (χ3n) is 4.23. The number of carboxylic acid groups (broad SMARTS) is 1. The Labute approximate surface area is 171 Å². The molecule has 0 fully saturated rings. The molecule has 0 unspecified atom stereocenters. The standard InChI is InChI=1S/C21H30N4O4/c1-21(2,3)29-20(28)25-16(10-9-15-7-5-4-6-8-15)13-23-18(19(26)27)11-17-12-22-14-24-17/h4-8,12,14,16,18,23H,9-11,13H2,1-3H3,(H,22,24)(H,25,28)(H,26,27)/t16-,18+/m1/s1. The van der Waals surface area contributed by atoms with Crippen molar-refractivity contribution in [3.8, 4) is 0 Å². The molecule has 2 atom stereocenters. The molecule has 0 aliphatic rings. The van der Waals surface area contributed by atoms with Crippen LogP contribution in [0.15, 0.2) is 42.9 Å². The van der Waals surface area contributed by atoms with Crippen LogP contribution in [-0.2, 0) is 22.4 Å². The van der Waals surface area contributed by atoms with Gasteiger partial charge in [-0.15, -0.1) is 0 Å². The number of nitrogens with zero attached hydrogens (tertiary/aromatic N) is 1. The van der Waals surface area contributed by atoms with Gasteiger partial charge in [0.1, 0.15) is 11.6 Å². The zero-order valence-corrected chi connectivity index (χ0v) is 17.1. The summed E-state index contributed by atoms with van der Waals surface area (Å²) in [6.07, 6.45) is 4.27. The summed E-state index contributed by atoms with van der Waals surface area (Å²) in [6.45, 7) is 5.70. The second-order valence-electron chi connectivity index (χ2n) is 7.95. The molecule has 0 radical (unpaired) electrons. The molecule has 0 saturated carbocycles. The first-order valence-corrected chi connectivity index (χ1v) is 9.70. The maximum atomic E-state index is 12.2. The molecular weight excluding hydrogens is 372 g/mol. The molecule has 1 amide bonds. The van der Waals surface area contributed by atoms with Crippen LogP contribution in [0, 0.1) is 0 Å². The maximum Gasteiger partial charge on any atom is 0.407 e. The van der Waals surface area contributed by atoms with Crippen LogP contribution in [-0.4, -0.2) is 51.4 Å². The molecule has 0 bridgehead atoms. The molecule has 4 N–H and O–H groups in total. The first kappa shape index (κ1) is 22.4. The third kappa shape index (κ3) is 8.78. The Bertz CT molecular complexity index is 757. The fraction of sp³-hybridized carbons (Fsp3) is 0.476. The van der Waals surface area contributed by atoms with Gasteiger partial charge in [0.15, 0.2) is 0 Å². The molecule has 8 nitrogen and oxygen atoms in total.